The molecule has 1 aliphatic rings. The van der Waals surface area contributed by atoms with Gasteiger partial charge < -0.3 is 10.1 Å². The quantitative estimate of drug-likeness (QED) is 0.911. The van der Waals surface area contributed by atoms with Gasteiger partial charge in [0.25, 0.3) is 5.91 Å². The molecule has 0 aliphatic carbocycles. The zero-order valence-corrected chi connectivity index (χ0v) is 12.6. The van der Waals surface area contributed by atoms with Gasteiger partial charge in [-0.05, 0) is 52.2 Å². The number of carbonyl (C=O) groups excluding carboxylic acids is 1. The van der Waals surface area contributed by atoms with Crippen molar-refractivity contribution in [2.45, 2.75) is 19.4 Å². The first-order chi connectivity index (χ1) is 9.63. The summed E-state index contributed by atoms with van der Waals surface area (Å²) in [5.41, 5.74) is 2.98. The summed E-state index contributed by atoms with van der Waals surface area (Å²) in [6, 6.07) is 13.6. The van der Waals surface area contributed by atoms with Crippen molar-refractivity contribution in [3.8, 4) is 5.75 Å². The Morgan fingerprint density at radius 3 is 2.85 bits per heavy atom. The Balaban J connectivity index is 1.72. The lowest BCUT2D eigenvalue weighted by Crippen LogP contribution is -2.31. The molecule has 2 aromatic rings. The third-order valence-electron chi connectivity index (χ3n) is 3.32. The standard InChI is InChI=1S/C16H14BrNO2/c1-10-6-7-13(12(17)8-10)18-16(19)15-9-11-4-2-3-5-14(11)20-15/h2-8,15H,9H2,1H3,(H,18,19). The normalized spacial score (nSPS) is 16.4. The number of ether oxygens (including phenoxy) is 1. The molecule has 0 fully saturated rings. The number of anilines is 1. The summed E-state index contributed by atoms with van der Waals surface area (Å²) in [6.45, 7) is 2.01. The Hall–Kier alpha value is -1.81. The van der Waals surface area contributed by atoms with Crippen LogP contribution in [0.25, 0.3) is 0 Å². The molecule has 0 spiro atoms. The maximum absolute atomic E-state index is 12.3. The van der Waals surface area contributed by atoms with Gasteiger partial charge in [0, 0.05) is 10.9 Å². The first-order valence-electron chi connectivity index (χ1n) is 6.45. The second kappa shape index (κ2) is 5.29. The summed E-state index contributed by atoms with van der Waals surface area (Å²) in [6.07, 6.45) is 0.159. The molecule has 3 nitrogen and oxygen atoms in total. The van der Waals surface area contributed by atoms with Crippen molar-refractivity contribution in [1.82, 2.24) is 0 Å². The van der Waals surface area contributed by atoms with Gasteiger partial charge in [-0.1, -0.05) is 24.3 Å². The van der Waals surface area contributed by atoms with Crippen LogP contribution in [0.1, 0.15) is 11.1 Å². The zero-order valence-electron chi connectivity index (χ0n) is 11.0. The van der Waals surface area contributed by atoms with E-state index in [9.17, 15) is 4.79 Å². The summed E-state index contributed by atoms with van der Waals surface area (Å²) < 4.78 is 6.55. The Labute approximate surface area is 126 Å². The summed E-state index contributed by atoms with van der Waals surface area (Å²) >= 11 is 3.46. The lowest BCUT2D eigenvalue weighted by molar-refractivity contribution is -0.122. The van der Waals surface area contributed by atoms with E-state index in [1.165, 1.54) is 0 Å². The molecule has 0 radical (unpaired) electrons. The maximum Gasteiger partial charge on any atom is 0.265 e. The van der Waals surface area contributed by atoms with Crippen LogP contribution >= 0.6 is 15.9 Å². The fourth-order valence-electron chi connectivity index (χ4n) is 2.26. The summed E-state index contributed by atoms with van der Waals surface area (Å²) in [7, 11) is 0. The van der Waals surface area contributed by atoms with Gasteiger partial charge in [0.1, 0.15) is 5.75 Å². The topological polar surface area (TPSA) is 38.3 Å². The Kier molecular flexibility index (Phi) is 3.49. The highest BCUT2D eigenvalue weighted by Gasteiger charge is 2.28. The lowest BCUT2D eigenvalue weighted by Gasteiger charge is -2.12. The molecule has 1 N–H and O–H groups in total. The molecular formula is C16H14BrNO2. The number of fused-ring (bicyclic) bond motifs is 1. The van der Waals surface area contributed by atoms with Crippen molar-refractivity contribution in [2.75, 3.05) is 5.32 Å². The number of amides is 1. The fraction of sp³-hybridized carbons (Fsp3) is 0.188. The van der Waals surface area contributed by atoms with Crippen LogP contribution in [0.3, 0.4) is 0 Å². The molecule has 1 aliphatic heterocycles. The molecule has 0 saturated heterocycles. The number of carbonyl (C=O) groups is 1. The third-order valence-corrected chi connectivity index (χ3v) is 3.98. The molecule has 0 saturated carbocycles. The maximum atomic E-state index is 12.3. The highest BCUT2D eigenvalue weighted by molar-refractivity contribution is 9.10. The molecule has 2 aromatic carbocycles. The minimum Gasteiger partial charge on any atom is -0.480 e. The second-order valence-electron chi connectivity index (χ2n) is 4.89. The molecule has 1 heterocycles. The number of aryl methyl sites for hydroxylation is 1. The van der Waals surface area contributed by atoms with Gasteiger partial charge in [-0.3, -0.25) is 4.79 Å². The largest absolute Gasteiger partial charge is 0.480 e. The smallest absolute Gasteiger partial charge is 0.265 e. The second-order valence-corrected chi connectivity index (χ2v) is 5.75. The molecule has 1 atom stereocenters. The van der Waals surface area contributed by atoms with Gasteiger partial charge in [0.15, 0.2) is 6.10 Å². The van der Waals surface area contributed by atoms with Gasteiger partial charge in [0.05, 0.1) is 5.69 Å². The zero-order chi connectivity index (χ0) is 14.1. The van der Waals surface area contributed by atoms with Crippen LogP contribution in [-0.4, -0.2) is 12.0 Å². The summed E-state index contributed by atoms with van der Waals surface area (Å²) in [4.78, 5) is 12.3. The number of hydrogen-bond donors (Lipinski definition) is 1. The van der Waals surface area contributed by atoms with Crippen molar-refractivity contribution in [1.29, 1.82) is 0 Å². The average molecular weight is 332 g/mol. The molecule has 1 amide bonds. The number of halogens is 1. The number of benzene rings is 2. The van der Waals surface area contributed by atoms with E-state index in [4.69, 9.17) is 4.74 Å². The van der Waals surface area contributed by atoms with Crippen LogP contribution < -0.4 is 10.1 Å². The van der Waals surface area contributed by atoms with E-state index in [0.717, 1.165) is 27.0 Å². The predicted octanol–water partition coefficient (Wildman–Crippen LogP) is 3.70. The van der Waals surface area contributed by atoms with Crippen molar-refractivity contribution < 1.29 is 9.53 Å². The van der Waals surface area contributed by atoms with E-state index in [2.05, 4.69) is 21.2 Å². The molecule has 3 rings (SSSR count). The first-order valence-corrected chi connectivity index (χ1v) is 7.24. The Morgan fingerprint density at radius 2 is 2.10 bits per heavy atom. The van der Waals surface area contributed by atoms with E-state index in [0.29, 0.717) is 6.42 Å². The van der Waals surface area contributed by atoms with Gasteiger partial charge >= 0.3 is 0 Å². The Morgan fingerprint density at radius 1 is 1.30 bits per heavy atom. The average Bonchev–Trinajstić information content (AvgIpc) is 2.86. The molecular weight excluding hydrogens is 318 g/mol. The van der Waals surface area contributed by atoms with Gasteiger partial charge in [-0.2, -0.15) is 0 Å². The van der Waals surface area contributed by atoms with E-state index < -0.39 is 6.10 Å². The SMILES string of the molecule is Cc1ccc(NC(=O)C2Cc3ccccc3O2)c(Br)c1. The highest BCUT2D eigenvalue weighted by Crippen LogP contribution is 2.29. The molecule has 0 bridgehead atoms. The molecule has 0 aromatic heterocycles. The first kappa shape index (κ1) is 13.2. The van der Waals surface area contributed by atoms with Crippen molar-refractivity contribution >= 4 is 27.5 Å². The van der Waals surface area contributed by atoms with Gasteiger partial charge in [-0.15, -0.1) is 0 Å². The van der Waals surface area contributed by atoms with Crippen LogP contribution in [0, 0.1) is 6.92 Å². The minimum absolute atomic E-state index is 0.120. The van der Waals surface area contributed by atoms with Crippen LogP contribution in [0.2, 0.25) is 0 Å². The van der Waals surface area contributed by atoms with E-state index in [-0.39, 0.29) is 5.91 Å². The summed E-state index contributed by atoms with van der Waals surface area (Å²) in [5.74, 6) is 0.682. The third kappa shape index (κ3) is 2.56. The number of para-hydroxylation sites is 1. The number of hydrogen-bond acceptors (Lipinski definition) is 2. The Bertz CT molecular complexity index is 644. The minimum atomic E-state index is -0.458. The number of rotatable bonds is 2. The van der Waals surface area contributed by atoms with Crippen LogP contribution in [-0.2, 0) is 11.2 Å². The molecule has 20 heavy (non-hydrogen) atoms. The lowest BCUT2D eigenvalue weighted by atomic mass is 10.1. The van der Waals surface area contributed by atoms with Crippen molar-refractivity contribution in [3.05, 3.63) is 58.1 Å². The van der Waals surface area contributed by atoms with E-state index in [1.54, 1.807) is 0 Å². The fourth-order valence-corrected chi connectivity index (χ4v) is 2.86. The van der Waals surface area contributed by atoms with Crippen molar-refractivity contribution in [2.24, 2.45) is 0 Å². The van der Waals surface area contributed by atoms with Crippen molar-refractivity contribution in [3.63, 3.8) is 0 Å². The summed E-state index contributed by atoms with van der Waals surface area (Å²) in [5, 5.41) is 2.90. The van der Waals surface area contributed by atoms with Gasteiger partial charge in [0.2, 0.25) is 0 Å². The van der Waals surface area contributed by atoms with E-state index >= 15 is 0 Å². The highest BCUT2D eigenvalue weighted by atomic mass is 79.9. The molecule has 102 valence electrons. The van der Waals surface area contributed by atoms with Gasteiger partial charge in [-0.25, -0.2) is 0 Å². The predicted molar refractivity (Wildman–Crippen MR) is 82.1 cm³/mol. The van der Waals surface area contributed by atoms with Crippen LogP contribution in [0.5, 0.6) is 5.75 Å². The van der Waals surface area contributed by atoms with Crippen LogP contribution in [0.4, 0.5) is 5.69 Å². The van der Waals surface area contributed by atoms with E-state index in [1.807, 2.05) is 49.4 Å². The molecule has 1 unspecified atom stereocenters. The molecule has 4 heteroatoms. The monoisotopic (exact) mass is 331 g/mol. The van der Waals surface area contributed by atoms with Crippen LogP contribution in [0.15, 0.2) is 46.9 Å². The number of nitrogens with one attached hydrogen (secondary N) is 1.